The van der Waals surface area contributed by atoms with Gasteiger partial charge in [0.05, 0.1) is 13.2 Å². The predicted molar refractivity (Wildman–Crippen MR) is 64.4 cm³/mol. The summed E-state index contributed by atoms with van der Waals surface area (Å²) in [5.41, 5.74) is 7.01. The Labute approximate surface area is 99.7 Å². The quantitative estimate of drug-likeness (QED) is 0.336. The molecule has 1 aliphatic rings. The summed E-state index contributed by atoms with van der Waals surface area (Å²) in [7, 11) is 0. The first-order chi connectivity index (χ1) is 8.22. The summed E-state index contributed by atoms with van der Waals surface area (Å²) >= 11 is 0. The maximum absolute atomic E-state index is 8.63. The number of hydrogen-bond donors (Lipinski definition) is 2. The van der Waals surface area contributed by atoms with Gasteiger partial charge in [-0.2, -0.15) is 0 Å². The summed E-state index contributed by atoms with van der Waals surface area (Å²) in [4.78, 5) is 6.28. The molecule has 0 saturated carbocycles. The van der Waals surface area contributed by atoms with E-state index in [1.165, 1.54) is 0 Å². The zero-order valence-corrected chi connectivity index (χ0v) is 9.71. The fourth-order valence-electron chi connectivity index (χ4n) is 1.90. The van der Waals surface area contributed by atoms with E-state index >= 15 is 0 Å². The van der Waals surface area contributed by atoms with Crippen molar-refractivity contribution >= 4 is 11.5 Å². The van der Waals surface area contributed by atoms with Crippen LogP contribution in [0.25, 0.3) is 0 Å². The SMILES string of the molecule is CC1COCCN1c1ccnc(C(N)=NO)c1. The van der Waals surface area contributed by atoms with Gasteiger partial charge in [0, 0.05) is 24.5 Å². The average molecular weight is 236 g/mol. The van der Waals surface area contributed by atoms with E-state index in [1.54, 1.807) is 6.20 Å². The molecule has 0 radical (unpaired) electrons. The minimum atomic E-state index is 0.0211. The third-order valence-corrected chi connectivity index (χ3v) is 2.81. The average Bonchev–Trinajstić information content (AvgIpc) is 2.38. The Morgan fingerprint density at radius 3 is 3.24 bits per heavy atom. The lowest BCUT2D eigenvalue weighted by atomic mass is 10.2. The molecule has 1 aromatic heterocycles. The number of nitrogens with zero attached hydrogens (tertiary/aromatic N) is 3. The molecular formula is C11H16N4O2. The molecule has 1 unspecified atom stereocenters. The first-order valence-corrected chi connectivity index (χ1v) is 5.50. The van der Waals surface area contributed by atoms with Crippen molar-refractivity contribution in [1.29, 1.82) is 0 Å². The normalized spacial score (nSPS) is 21.6. The Morgan fingerprint density at radius 1 is 1.71 bits per heavy atom. The van der Waals surface area contributed by atoms with Crippen LogP contribution in [0.4, 0.5) is 5.69 Å². The zero-order valence-electron chi connectivity index (χ0n) is 9.71. The fourth-order valence-corrected chi connectivity index (χ4v) is 1.90. The monoisotopic (exact) mass is 236 g/mol. The third-order valence-electron chi connectivity index (χ3n) is 2.81. The number of hydrogen-bond acceptors (Lipinski definition) is 5. The minimum Gasteiger partial charge on any atom is -0.409 e. The number of pyridine rings is 1. The highest BCUT2D eigenvalue weighted by Gasteiger charge is 2.19. The van der Waals surface area contributed by atoms with Crippen molar-refractivity contribution in [3.05, 3.63) is 24.0 Å². The summed E-state index contributed by atoms with van der Waals surface area (Å²) in [6.07, 6.45) is 1.66. The van der Waals surface area contributed by atoms with Gasteiger partial charge in [-0.1, -0.05) is 5.16 Å². The van der Waals surface area contributed by atoms with Crippen LogP contribution in [-0.4, -0.2) is 41.8 Å². The Bertz CT molecular complexity index is 422. The summed E-state index contributed by atoms with van der Waals surface area (Å²) in [6.45, 7) is 4.36. The highest BCUT2D eigenvalue weighted by molar-refractivity contribution is 5.95. The Hall–Kier alpha value is -1.82. The summed E-state index contributed by atoms with van der Waals surface area (Å²) in [5, 5.41) is 11.6. The fraction of sp³-hybridized carbons (Fsp3) is 0.455. The lowest BCUT2D eigenvalue weighted by Gasteiger charge is -2.35. The van der Waals surface area contributed by atoms with E-state index in [9.17, 15) is 0 Å². The molecule has 0 spiro atoms. The zero-order chi connectivity index (χ0) is 12.3. The third kappa shape index (κ3) is 2.47. The van der Waals surface area contributed by atoms with Crippen molar-refractivity contribution in [2.75, 3.05) is 24.7 Å². The van der Waals surface area contributed by atoms with Crippen LogP contribution in [0.2, 0.25) is 0 Å². The predicted octanol–water partition coefficient (Wildman–Crippen LogP) is 0.401. The summed E-state index contributed by atoms with van der Waals surface area (Å²) in [6, 6.07) is 4.04. The lowest BCUT2D eigenvalue weighted by Crippen LogP contribution is -2.43. The number of morpholine rings is 1. The molecule has 0 aromatic carbocycles. The molecule has 6 heteroatoms. The Balaban J connectivity index is 2.26. The number of anilines is 1. The molecule has 1 aliphatic heterocycles. The first kappa shape index (κ1) is 11.7. The van der Waals surface area contributed by atoms with E-state index in [2.05, 4.69) is 22.0 Å². The van der Waals surface area contributed by atoms with Crippen molar-refractivity contribution in [2.24, 2.45) is 10.9 Å². The van der Waals surface area contributed by atoms with Crippen LogP contribution >= 0.6 is 0 Å². The van der Waals surface area contributed by atoms with Gasteiger partial charge in [-0.25, -0.2) is 0 Å². The largest absolute Gasteiger partial charge is 0.409 e. The van der Waals surface area contributed by atoms with Gasteiger partial charge < -0.3 is 20.6 Å². The minimum absolute atomic E-state index is 0.0211. The van der Waals surface area contributed by atoms with Crippen molar-refractivity contribution < 1.29 is 9.94 Å². The second-order valence-corrected chi connectivity index (χ2v) is 4.00. The van der Waals surface area contributed by atoms with E-state index in [1.807, 2.05) is 12.1 Å². The van der Waals surface area contributed by atoms with Crippen LogP contribution in [0.5, 0.6) is 0 Å². The highest BCUT2D eigenvalue weighted by atomic mass is 16.5. The maximum Gasteiger partial charge on any atom is 0.188 e. The van der Waals surface area contributed by atoms with Gasteiger partial charge in [0.15, 0.2) is 5.84 Å². The van der Waals surface area contributed by atoms with Crippen molar-refractivity contribution in [3.8, 4) is 0 Å². The second kappa shape index (κ2) is 5.01. The van der Waals surface area contributed by atoms with Crippen molar-refractivity contribution in [3.63, 3.8) is 0 Å². The molecule has 1 atom stereocenters. The molecule has 17 heavy (non-hydrogen) atoms. The van der Waals surface area contributed by atoms with E-state index < -0.39 is 0 Å². The molecule has 0 amide bonds. The molecule has 1 saturated heterocycles. The second-order valence-electron chi connectivity index (χ2n) is 4.00. The molecule has 1 aromatic rings. The number of oxime groups is 1. The molecule has 6 nitrogen and oxygen atoms in total. The Morgan fingerprint density at radius 2 is 2.53 bits per heavy atom. The molecule has 3 N–H and O–H groups in total. The number of amidine groups is 1. The van der Waals surface area contributed by atoms with Crippen LogP contribution in [0.15, 0.2) is 23.5 Å². The van der Waals surface area contributed by atoms with Gasteiger partial charge in [-0.3, -0.25) is 4.98 Å². The molecule has 2 heterocycles. The molecular weight excluding hydrogens is 220 g/mol. The van der Waals surface area contributed by atoms with Crippen LogP contribution in [0.1, 0.15) is 12.6 Å². The topological polar surface area (TPSA) is 84.0 Å². The summed E-state index contributed by atoms with van der Waals surface area (Å²) < 4.78 is 5.39. The van der Waals surface area contributed by atoms with E-state index in [0.29, 0.717) is 24.9 Å². The molecule has 0 aliphatic carbocycles. The van der Waals surface area contributed by atoms with Crippen LogP contribution < -0.4 is 10.6 Å². The molecule has 1 fully saturated rings. The van der Waals surface area contributed by atoms with E-state index in [0.717, 1.165) is 12.2 Å². The Kier molecular flexibility index (Phi) is 3.43. The number of ether oxygens (including phenoxy) is 1. The smallest absolute Gasteiger partial charge is 0.188 e. The number of aromatic nitrogens is 1. The van der Waals surface area contributed by atoms with Gasteiger partial charge in [-0.05, 0) is 19.1 Å². The summed E-state index contributed by atoms with van der Waals surface area (Å²) in [5.74, 6) is 0.0211. The van der Waals surface area contributed by atoms with E-state index in [-0.39, 0.29) is 5.84 Å². The lowest BCUT2D eigenvalue weighted by molar-refractivity contribution is 0.0989. The molecule has 2 rings (SSSR count). The van der Waals surface area contributed by atoms with Crippen LogP contribution in [0, 0.1) is 0 Å². The maximum atomic E-state index is 8.63. The van der Waals surface area contributed by atoms with Gasteiger partial charge in [0.2, 0.25) is 0 Å². The first-order valence-electron chi connectivity index (χ1n) is 5.50. The number of nitrogens with two attached hydrogens (primary N) is 1. The van der Waals surface area contributed by atoms with Gasteiger partial charge >= 0.3 is 0 Å². The van der Waals surface area contributed by atoms with E-state index in [4.69, 9.17) is 15.7 Å². The van der Waals surface area contributed by atoms with Gasteiger partial charge in [0.25, 0.3) is 0 Å². The van der Waals surface area contributed by atoms with Crippen LogP contribution in [0.3, 0.4) is 0 Å². The standard InChI is InChI=1S/C11H16N4O2/c1-8-7-17-5-4-15(8)9-2-3-13-10(6-9)11(12)14-16/h2-3,6,8,16H,4-5,7H2,1H3,(H2,12,14). The van der Waals surface area contributed by atoms with Crippen molar-refractivity contribution in [2.45, 2.75) is 13.0 Å². The van der Waals surface area contributed by atoms with Crippen LogP contribution in [-0.2, 0) is 4.74 Å². The molecule has 92 valence electrons. The number of rotatable bonds is 2. The molecule has 0 bridgehead atoms. The van der Waals surface area contributed by atoms with Crippen molar-refractivity contribution in [1.82, 2.24) is 4.98 Å². The highest BCUT2D eigenvalue weighted by Crippen LogP contribution is 2.19. The van der Waals surface area contributed by atoms with Gasteiger partial charge in [-0.15, -0.1) is 0 Å². The van der Waals surface area contributed by atoms with Gasteiger partial charge in [0.1, 0.15) is 5.69 Å².